The minimum Gasteiger partial charge on any atom is -0.508 e. The molecule has 0 unspecified atom stereocenters. The number of nitrogens with one attached hydrogen (secondary N) is 1. The fourth-order valence-corrected chi connectivity index (χ4v) is 1.99. The van der Waals surface area contributed by atoms with Crippen LogP contribution in [-0.2, 0) is 0 Å². The van der Waals surface area contributed by atoms with Gasteiger partial charge in [-0.1, -0.05) is 11.6 Å². The number of benzene rings is 1. The Bertz CT molecular complexity index is 443. The highest BCUT2D eigenvalue weighted by atomic mass is 35.5. The van der Waals surface area contributed by atoms with Gasteiger partial charge in [-0.15, -0.1) is 0 Å². The summed E-state index contributed by atoms with van der Waals surface area (Å²) in [5.74, 6) is -0.395. The summed E-state index contributed by atoms with van der Waals surface area (Å²) in [7, 11) is 0. The van der Waals surface area contributed by atoms with Gasteiger partial charge in [0.1, 0.15) is 5.75 Å². The van der Waals surface area contributed by atoms with Crippen LogP contribution >= 0.6 is 11.6 Å². The molecule has 0 spiro atoms. The molecule has 0 aliphatic heterocycles. The molecule has 0 atom stereocenters. The lowest BCUT2D eigenvalue weighted by atomic mass is 9.80. The minimum atomic E-state index is -0.765. The van der Waals surface area contributed by atoms with E-state index in [1.807, 2.05) is 0 Å². The first-order valence-electron chi connectivity index (χ1n) is 5.49. The number of hydrogen-bond donors (Lipinski definition) is 3. The molecule has 0 heterocycles. The van der Waals surface area contributed by atoms with E-state index in [9.17, 15) is 15.0 Å². The number of carbonyl (C=O) groups excluding carboxylic acids is 1. The number of aliphatic hydroxyl groups is 1. The smallest absolute Gasteiger partial charge is 0.253 e. The standard InChI is InChI=1S/C12H14ClNO3/c13-10-3-2-8(15)6-9(10)11(16)14-7-12(17)4-1-5-12/h2-3,6,15,17H,1,4-5,7H2,(H,14,16). The van der Waals surface area contributed by atoms with Crippen molar-refractivity contribution in [3.63, 3.8) is 0 Å². The van der Waals surface area contributed by atoms with Gasteiger partial charge in [-0.2, -0.15) is 0 Å². The van der Waals surface area contributed by atoms with Gasteiger partial charge in [0.2, 0.25) is 0 Å². The van der Waals surface area contributed by atoms with Gasteiger partial charge in [0, 0.05) is 6.54 Å². The number of rotatable bonds is 3. The predicted octanol–water partition coefficient (Wildman–Crippen LogP) is 1.69. The largest absolute Gasteiger partial charge is 0.508 e. The topological polar surface area (TPSA) is 69.6 Å². The summed E-state index contributed by atoms with van der Waals surface area (Å²) in [5, 5.41) is 22.0. The molecule has 0 aromatic heterocycles. The van der Waals surface area contributed by atoms with Crippen LogP contribution in [0.2, 0.25) is 5.02 Å². The van der Waals surface area contributed by atoms with Gasteiger partial charge in [-0.3, -0.25) is 4.79 Å². The van der Waals surface area contributed by atoms with Crippen molar-refractivity contribution < 1.29 is 15.0 Å². The maximum Gasteiger partial charge on any atom is 0.253 e. The van der Waals surface area contributed by atoms with E-state index >= 15 is 0 Å². The summed E-state index contributed by atoms with van der Waals surface area (Å²) in [4.78, 5) is 11.8. The van der Waals surface area contributed by atoms with Crippen LogP contribution in [-0.4, -0.2) is 28.3 Å². The van der Waals surface area contributed by atoms with Gasteiger partial charge in [0.25, 0.3) is 5.91 Å². The Kier molecular flexibility index (Phi) is 3.26. The van der Waals surface area contributed by atoms with Gasteiger partial charge in [0.05, 0.1) is 16.2 Å². The normalized spacial score (nSPS) is 17.3. The number of halogens is 1. The number of hydrogen-bond acceptors (Lipinski definition) is 3. The summed E-state index contributed by atoms with van der Waals surface area (Å²) in [6.07, 6.45) is 2.40. The van der Waals surface area contributed by atoms with Gasteiger partial charge in [0.15, 0.2) is 0 Å². The maximum atomic E-state index is 11.8. The van der Waals surface area contributed by atoms with Crippen LogP contribution in [0.4, 0.5) is 0 Å². The number of phenols is 1. The van der Waals surface area contributed by atoms with Crippen molar-refractivity contribution >= 4 is 17.5 Å². The fourth-order valence-electron chi connectivity index (χ4n) is 1.79. The molecule has 17 heavy (non-hydrogen) atoms. The van der Waals surface area contributed by atoms with Gasteiger partial charge < -0.3 is 15.5 Å². The molecular formula is C12H14ClNO3. The third-order valence-corrected chi connectivity index (χ3v) is 3.39. The highest BCUT2D eigenvalue weighted by molar-refractivity contribution is 6.33. The predicted molar refractivity (Wildman–Crippen MR) is 64.3 cm³/mol. The lowest BCUT2D eigenvalue weighted by Gasteiger charge is -2.36. The molecule has 0 radical (unpaired) electrons. The summed E-state index contributed by atoms with van der Waals surface area (Å²) in [5.41, 5.74) is -0.548. The van der Waals surface area contributed by atoms with Gasteiger partial charge >= 0.3 is 0 Å². The second-order valence-electron chi connectivity index (χ2n) is 4.42. The molecule has 1 amide bonds. The van der Waals surface area contributed by atoms with Gasteiger partial charge in [-0.25, -0.2) is 0 Å². The van der Waals surface area contributed by atoms with Crippen molar-refractivity contribution in [2.24, 2.45) is 0 Å². The Morgan fingerprint density at radius 3 is 2.76 bits per heavy atom. The van der Waals surface area contributed by atoms with Crippen molar-refractivity contribution in [2.75, 3.05) is 6.54 Å². The molecule has 1 fully saturated rings. The lowest BCUT2D eigenvalue weighted by Crippen LogP contribution is -2.47. The first-order valence-corrected chi connectivity index (χ1v) is 5.87. The average Bonchev–Trinajstić information content (AvgIpc) is 2.26. The number of carbonyl (C=O) groups is 1. The first-order chi connectivity index (χ1) is 8.00. The van der Waals surface area contributed by atoms with Crippen molar-refractivity contribution in [1.82, 2.24) is 5.32 Å². The van der Waals surface area contributed by atoms with Crippen molar-refractivity contribution in [3.8, 4) is 5.75 Å². The zero-order valence-corrected chi connectivity index (χ0v) is 10.00. The summed E-state index contributed by atoms with van der Waals surface area (Å²) >= 11 is 5.85. The molecule has 1 aromatic rings. The highest BCUT2D eigenvalue weighted by Gasteiger charge is 2.34. The molecule has 1 saturated carbocycles. The molecular weight excluding hydrogens is 242 g/mol. The van der Waals surface area contributed by atoms with Crippen molar-refractivity contribution in [2.45, 2.75) is 24.9 Å². The molecule has 4 nitrogen and oxygen atoms in total. The minimum absolute atomic E-state index is 0.0121. The summed E-state index contributed by atoms with van der Waals surface area (Å²) in [6.45, 7) is 0.220. The second-order valence-corrected chi connectivity index (χ2v) is 4.83. The molecule has 92 valence electrons. The third-order valence-electron chi connectivity index (χ3n) is 3.06. The Balaban J connectivity index is 2.01. The Morgan fingerprint density at radius 1 is 1.47 bits per heavy atom. The van der Waals surface area contributed by atoms with E-state index in [-0.39, 0.29) is 28.8 Å². The highest BCUT2D eigenvalue weighted by Crippen LogP contribution is 2.30. The number of phenolic OH excluding ortho intramolecular Hbond substituents is 1. The first kappa shape index (κ1) is 12.2. The molecule has 1 aliphatic rings. The van der Waals surface area contributed by atoms with E-state index < -0.39 is 5.60 Å². The van der Waals surface area contributed by atoms with Crippen LogP contribution in [0.5, 0.6) is 5.75 Å². The molecule has 3 N–H and O–H groups in total. The zero-order chi connectivity index (χ0) is 12.5. The van der Waals surface area contributed by atoms with E-state index in [4.69, 9.17) is 11.6 Å². The van der Waals surface area contributed by atoms with Crippen LogP contribution in [0, 0.1) is 0 Å². The number of amides is 1. The quantitative estimate of drug-likeness (QED) is 0.770. The Hall–Kier alpha value is -1.26. The fraction of sp³-hybridized carbons (Fsp3) is 0.417. The van der Waals surface area contributed by atoms with E-state index in [0.29, 0.717) is 12.8 Å². The SMILES string of the molecule is O=C(NCC1(O)CCC1)c1cc(O)ccc1Cl. The van der Waals surface area contributed by atoms with E-state index in [1.165, 1.54) is 18.2 Å². The molecule has 5 heteroatoms. The molecule has 0 bridgehead atoms. The van der Waals surface area contributed by atoms with Crippen LogP contribution in [0.25, 0.3) is 0 Å². The second kappa shape index (κ2) is 4.55. The van der Waals surface area contributed by atoms with E-state index in [2.05, 4.69) is 5.32 Å². The van der Waals surface area contributed by atoms with Crippen molar-refractivity contribution in [1.29, 1.82) is 0 Å². The molecule has 1 aliphatic carbocycles. The van der Waals surface area contributed by atoms with Crippen LogP contribution in [0.3, 0.4) is 0 Å². The average molecular weight is 256 g/mol. The third kappa shape index (κ3) is 2.70. The summed E-state index contributed by atoms with van der Waals surface area (Å²) in [6, 6.07) is 4.19. The number of aromatic hydroxyl groups is 1. The maximum absolute atomic E-state index is 11.8. The lowest BCUT2D eigenvalue weighted by molar-refractivity contribution is -0.0300. The summed E-state index contributed by atoms with van der Waals surface area (Å²) < 4.78 is 0. The van der Waals surface area contributed by atoms with Crippen LogP contribution < -0.4 is 5.32 Å². The van der Waals surface area contributed by atoms with Gasteiger partial charge in [-0.05, 0) is 37.5 Å². The zero-order valence-electron chi connectivity index (χ0n) is 9.24. The molecule has 1 aromatic carbocycles. The Labute approximate surface area is 104 Å². The molecule has 2 rings (SSSR count). The van der Waals surface area contributed by atoms with Crippen LogP contribution in [0.15, 0.2) is 18.2 Å². The van der Waals surface area contributed by atoms with E-state index in [1.54, 1.807) is 0 Å². The molecule has 0 saturated heterocycles. The van der Waals surface area contributed by atoms with Crippen LogP contribution in [0.1, 0.15) is 29.6 Å². The Morgan fingerprint density at radius 2 is 2.18 bits per heavy atom. The van der Waals surface area contributed by atoms with Crippen molar-refractivity contribution in [3.05, 3.63) is 28.8 Å². The monoisotopic (exact) mass is 255 g/mol. The van der Waals surface area contributed by atoms with E-state index in [0.717, 1.165) is 6.42 Å².